The maximum atomic E-state index is 10.7. The first-order valence-electron chi connectivity index (χ1n) is 6.79. The van der Waals surface area contributed by atoms with Gasteiger partial charge in [0.25, 0.3) is 0 Å². The molecule has 2 heterocycles. The molecule has 1 atom stereocenters. The lowest BCUT2D eigenvalue weighted by atomic mass is 10.2. The van der Waals surface area contributed by atoms with Crippen LogP contribution in [0.4, 0.5) is 0 Å². The number of carboxylic acid groups (broad SMARTS) is 1. The molecule has 6 nitrogen and oxygen atoms in total. The summed E-state index contributed by atoms with van der Waals surface area (Å²) in [5.41, 5.74) is 1.12. The van der Waals surface area contributed by atoms with Crippen LogP contribution in [-0.4, -0.2) is 64.1 Å². The highest BCUT2D eigenvalue weighted by molar-refractivity contribution is 7.99. The lowest BCUT2D eigenvalue weighted by molar-refractivity contribution is -0.133. The zero-order chi connectivity index (χ0) is 14.5. The molecule has 1 aromatic rings. The fourth-order valence-electron chi connectivity index (χ4n) is 2.29. The minimum Gasteiger partial charge on any atom is -0.481 e. The van der Waals surface area contributed by atoms with E-state index in [0.29, 0.717) is 0 Å². The molecule has 0 bridgehead atoms. The van der Waals surface area contributed by atoms with E-state index >= 15 is 0 Å². The molecule has 2 rings (SSSR count). The van der Waals surface area contributed by atoms with Crippen LogP contribution in [0, 0.1) is 0 Å². The van der Waals surface area contributed by atoms with E-state index in [2.05, 4.69) is 28.4 Å². The van der Waals surface area contributed by atoms with Gasteiger partial charge in [-0.25, -0.2) is 4.98 Å². The molecule has 1 fully saturated rings. The summed E-state index contributed by atoms with van der Waals surface area (Å²) < 4.78 is 7.88. The molecular formula is C13H21N3O3S. The lowest BCUT2D eigenvalue weighted by Crippen LogP contribution is -2.42. The summed E-state index contributed by atoms with van der Waals surface area (Å²) in [6.07, 6.45) is 2.84. The molecule has 1 aromatic heterocycles. The number of thioether (sulfide) groups is 1. The number of carbonyl (C=O) groups is 1. The van der Waals surface area contributed by atoms with E-state index in [9.17, 15) is 4.79 Å². The van der Waals surface area contributed by atoms with E-state index in [-0.39, 0.29) is 11.9 Å². The summed E-state index contributed by atoms with van der Waals surface area (Å²) in [5.74, 6) is -0.790. The maximum Gasteiger partial charge on any atom is 0.313 e. The van der Waals surface area contributed by atoms with Gasteiger partial charge in [-0.1, -0.05) is 18.7 Å². The molecule has 0 radical (unpaired) electrons. The van der Waals surface area contributed by atoms with Crippen LogP contribution in [0.2, 0.25) is 0 Å². The first-order valence-corrected chi connectivity index (χ1v) is 7.77. The number of likely N-dealkylation sites (N-methyl/N-ethyl adjacent to an activating group) is 1. The molecule has 1 saturated heterocycles. The second-order valence-electron chi connectivity index (χ2n) is 4.93. The van der Waals surface area contributed by atoms with Crippen molar-refractivity contribution in [1.29, 1.82) is 0 Å². The maximum absolute atomic E-state index is 10.7. The highest BCUT2D eigenvalue weighted by Gasteiger charge is 2.21. The third-order valence-electron chi connectivity index (χ3n) is 3.32. The summed E-state index contributed by atoms with van der Waals surface area (Å²) in [6, 6.07) is 0. The largest absolute Gasteiger partial charge is 0.481 e. The van der Waals surface area contributed by atoms with Gasteiger partial charge >= 0.3 is 5.97 Å². The number of aromatic nitrogens is 2. The molecule has 112 valence electrons. The lowest BCUT2D eigenvalue weighted by Gasteiger charge is -2.30. The number of ether oxygens (including phenoxy) is 1. The predicted octanol–water partition coefficient (Wildman–Crippen LogP) is 0.953. The van der Waals surface area contributed by atoms with Crippen LogP contribution in [0.5, 0.6) is 0 Å². The third kappa shape index (κ3) is 3.97. The molecule has 0 amide bonds. The number of hydrogen-bond acceptors (Lipinski definition) is 5. The number of hydrogen-bond donors (Lipinski definition) is 1. The molecular weight excluding hydrogens is 278 g/mol. The van der Waals surface area contributed by atoms with Gasteiger partial charge in [0.1, 0.15) is 0 Å². The molecule has 7 heteroatoms. The summed E-state index contributed by atoms with van der Waals surface area (Å²) >= 11 is 1.26. The van der Waals surface area contributed by atoms with Crippen LogP contribution >= 0.6 is 11.8 Å². The Bertz CT molecular complexity index is 464. The first-order chi connectivity index (χ1) is 9.60. The molecule has 0 spiro atoms. The van der Waals surface area contributed by atoms with E-state index in [0.717, 1.165) is 43.5 Å². The van der Waals surface area contributed by atoms with Crippen molar-refractivity contribution in [3.8, 4) is 0 Å². The van der Waals surface area contributed by atoms with Crippen molar-refractivity contribution in [2.24, 2.45) is 0 Å². The van der Waals surface area contributed by atoms with E-state index < -0.39 is 5.97 Å². The molecule has 1 aliphatic rings. The number of imidazole rings is 1. The zero-order valence-electron chi connectivity index (χ0n) is 11.9. The Morgan fingerprint density at radius 2 is 2.45 bits per heavy atom. The van der Waals surface area contributed by atoms with Gasteiger partial charge in [0.05, 0.1) is 25.0 Å². The molecule has 0 aromatic carbocycles. The smallest absolute Gasteiger partial charge is 0.313 e. The molecule has 0 saturated carbocycles. The Morgan fingerprint density at radius 1 is 1.65 bits per heavy atom. The fraction of sp³-hybridized carbons (Fsp3) is 0.692. The Hall–Kier alpha value is -1.05. The predicted molar refractivity (Wildman–Crippen MR) is 77.2 cm³/mol. The normalized spacial score (nSPS) is 20.2. The van der Waals surface area contributed by atoms with E-state index in [1.54, 1.807) is 0 Å². The average Bonchev–Trinajstić information content (AvgIpc) is 2.78. The van der Waals surface area contributed by atoms with E-state index in [4.69, 9.17) is 9.84 Å². The van der Waals surface area contributed by atoms with E-state index in [1.165, 1.54) is 11.8 Å². The van der Waals surface area contributed by atoms with Gasteiger partial charge in [0, 0.05) is 25.0 Å². The van der Waals surface area contributed by atoms with Crippen molar-refractivity contribution >= 4 is 17.7 Å². The van der Waals surface area contributed by atoms with Crippen molar-refractivity contribution in [1.82, 2.24) is 14.5 Å². The number of nitrogens with zero attached hydrogens (tertiary/aromatic N) is 3. The van der Waals surface area contributed by atoms with Crippen molar-refractivity contribution in [2.45, 2.75) is 31.1 Å². The Morgan fingerprint density at radius 3 is 3.10 bits per heavy atom. The average molecular weight is 299 g/mol. The van der Waals surface area contributed by atoms with Gasteiger partial charge in [-0.3, -0.25) is 4.79 Å². The van der Waals surface area contributed by atoms with E-state index in [1.807, 2.05) is 6.20 Å². The highest BCUT2D eigenvalue weighted by Crippen LogP contribution is 2.20. The van der Waals surface area contributed by atoms with Crippen molar-refractivity contribution in [3.63, 3.8) is 0 Å². The molecule has 1 aliphatic heterocycles. The summed E-state index contributed by atoms with van der Waals surface area (Å²) in [4.78, 5) is 17.3. The molecule has 20 heavy (non-hydrogen) atoms. The molecule has 0 aliphatic carbocycles. The highest BCUT2D eigenvalue weighted by atomic mass is 32.2. The number of rotatable bonds is 6. The standard InChI is InChI=1S/C13H21N3O3S/c1-3-10-6-14-13(20-9-12(17)18)16(10)8-11-7-15(2)4-5-19-11/h6,11H,3-5,7-9H2,1-2H3,(H,17,18). The summed E-state index contributed by atoms with van der Waals surface area (Å²) in [6.45, 7) is 5.41. The van der Waals surface area contributed by atoms with Crippen molar-refractivity contribution in [2.75, 3.05) is 32.5 Å². The summed E-state index contributed by atoms with van der Waals surface area (Å²) in [7, 11) is 2.09. The van der Waals surface area contributed by atoms with Gasteiger partial charge in [-0.05, 0) is 13.5 Å². The minimum absolute atomic E-state index is 0.0333. The van der Waals surface area contributed by atoms with Crippen LogP contribution in [0.15, 0.2) is 11.4 Å². The van der Waals surface area contributed by atoms with Gasteiger partial charge in [-0.2, -0.15) is 0 Å². The Kier molecular flexibility index (Phi) is 5.45. The van der Waals surface area contributed by atoms with Gasteiger partial charge in [0.2, 0.25) is 0 Å². The van der Waals surface area contributed by atoms with Crippen LogP contribution in [0.1, 0.15) is 12.6 Å². The van der Waals surface area contributed by atoms with Gasteiger partial charge < -0.3 is 19.3 Å². The quantitative estimate of drug-likeness (QED) is 0.789. The minimum atomic E-state index is -0.823. The van der Waals surface area contributed by atoms with Crippen molar-refractivity contribution in [3.05, 3.63) is 11.9 Å². The molecule has 1 unspecified atom stereocenters. The number of aliphatic carboxylic acids is 1. The Labute approximate surface area is 123 Å². The van der Waals surface area contributed by atoms with Crippen LogP contribution in [-0.2, 0) is 22.5 Å². The number of aryl methyl sites for hydroxylation is 1. The SMILES string of the molecule is CCc1cnc(SCC(=O)O)n1CC1CN(C)CCO1. The number of morpholine rings is 1. The number of carboxylic acids is 1. The van der Waals surface area contributed by atoms with Gasteiger partial charge in [-0.15, -0.1) is 0 Å². The third-order valence-corrected chi connectivity index (χ3v) is 4.29. The zero-order valence-corrected chi connectivity index (χ0v) is 12.7. The molecule has 1 N–H and O–H groups in total. The second kappa shape index (κ2) is 7.10. The van der Waals surface area contributed by atoms with Crippen molar-refractivity contribution < 1.29 is 14.6 Å². The van der Waals surface area contributed by atoms with Gasteiger partial charge in [0.15, 0.2) is 5.16 Å². The van der Waals surface area contributed by atoms with Crippen LogP contribution < -0.4 is 0 Å². The fourth-order valence-corrected chi connectivity index (χ4v) is 3.02. The van der Waals surface area contributed by atoms with Crippen LogP contribution in [0.3, 0.4) is 0 Å². The second-order valence-corrected chi connectivity index (χ2v) is 5.88. The van der Waals surface area contributed by atoms with Crippen LogP contribution in [0.25, 0.3) is 0 Å². The Balaban J connectivity index is 2.07. The summed E-state index contributed by atoms with van der Waals surface area (Å²) in [5, 5.41) is 9.56. The first kappa shape index (κ1) is 15.3. The monoisotopic (exact) mass is 299 g/mol. The topological polar surface area (TPSA) is 67.6 Å².